The van der Waals surface area contributed by atoms with E-state index in [1.807, 2.05) is 0 Å². The fourth-order valence-corrected chi connectivity index (χ4v) is 0.396. The molecule has 0 aliphatic rings. The quantitative estimate of drug-likeness (QED) is 0.572. The number of hydrogen-bond acceptors (Lipinski definition) is 2. The van der Waals surface area contributed by atoms with Crippen LogP contribution in [-0.2, 0) is 9.59 Å². The third-order valence-electron chi connectivity index (χ3n) is 1.27. The first-order valence-electron chi connectivity index (χ1n) is 2.86. The number of ketones is 1. The van der Waals surface area contributed by atoms with Crippen molar-refractivity contribution in [2.45, 2.75) is 20.3 Å². The average Bonchev–Trinajstić information content (AvgIpc) is 1.84. The molecular formula is C6H10O3. The Bertz CT molecular complexity index is 128. The van der Waals surface area contributed by atoms with Crippen molar-refractivity contribution in [3.63, 3.8) is 0 Å². The van der Waals surface area contributed by atoms with Crippen LogP contribution in [0.1, 0.15) is 20.3 Å². The third-order valence-corrected chi connectivity index (χ3v) is 1.27. The molecule has 0 aliphatic heterocycles. The van der Waals surface area contributed by atoms with Crippen molar-refractivity contribution in [3.05, 3.63) is 0 Å². The van der Waals surface area contributed by atoms with Gasteiger partial charge >= 0.3 is 5.97 Å². The zero-order chi connectivity index (χ0) is 7.44. The molecule has 0 heterocycles. The van der Waals surface area contributed by atoms with Crippen molar-refractivity contribution >= 4 is 11.8 Å². The molecule has 0 bridgehead atoms. The van der Waals surface area contributed by atoms with Crippen molar-refractivity contribution in [1.82, 2.24) is 0 Å². The van der Waals surface area contributed by atoms with Gasteiger partial charge < -0.3 is 5.11 Å². The van der Waals surface area contributed by atoms with Gasteiger partial charge in [0.1, 0.15) is 0 Å². The number of carbonyl (C=O) groups excluding carboxylic acids is 1. The molecule has 1 N–H and O–H groups in total. The van der Waals surface area contributed by atoms with Gasteiger partial charge in [-0.05, 0) is 6.42 Å². The minimum atomic E-state index is -1.33. The van der Waals surface area contributed by atoms with Crippen LogP contribution in [-0.4, -0.2) is 16.9 Å². The average molecular weight is 130 g/mol. The Kier molecular flexibility index (Phi) is 2.91. The highest BCUT2D eigenvalue weighted by atomic mass is 16.4. The number of carboxylic acids is 1. The lowest BCUT2D eigenvalue weighted by molar-refractivity contribution is -0.150. The Morgan fingerprint density at radius 2 is 2.00 bits per heavy atom. The van der Waals surface area contributed by atoms with Gasteiger partial charge in [0.15, 0.2) is 0 Å². The fraction of sp³-hybridized carbons (Fsp3) is 0.667. The Hall–Kier alpha value is -0.860. The minimum Gasteiger partial charge on any atom is -0.475 e. The number of Topliss-reactive ketones (excluding diaryl/α,β-unsaturated/α-hetero) is 1. The molecule has 52 valence electrons. The Balaban J connectivity index is 3.88. The van der Waals surface area contributed by atoms with Crippen LogP contribution in [0.5, 0.6) is 0 Å². The molecule has 1 atom stereocenters. The minimum absolute atomic E-state index is 0.345. The van der Waals surface area contributed by atoms with E-state index in [-0.39, 0.29) is 5.92 Å². The van der Waals surface area contributed by atoms with Gasteiger partial charge in [0, 0.05) is 5.92 Å². The summed E-state index contributed by atoms with van der Waals surface area (Å²) in [4.78, 5) is 20.4. The molecule has 3 nitrogen and oxygen atoms in total. The molecule has 0 aromatic rings. The monoisotopic (exact) mass is 130 g/mol. The largest absolute Gasteiger partial charge is 0.475 e. The maximum absolute atomic E-state index is 10.5. The standard InChI is InChI=1S/C6H10O3/c1-3-4(2)5(7)6(8)9/h4H,3H2,1-2H3,(H,8,9)/t4-/m0/s1. The van der Waals surface area contributed by atoms with E-state index in [2.05, 4.69) is 0 Å². The molecule has 0 amide bonds. The summed E-state index contributed by atoms with van der Waals surface area (Å²) in [5, 5.41) is 8.13. The number of hydrogen-bond donors (Lipinski definition) is 1. The zero-order valence-corrected chi connectivity index (χ0v) is 5.55. The van der Waals surface area contributed by atoms with E-state index < -0.39 is 11.8 Å². The second kappa shape index (κ2) is 3.22. The summed E-state index contributed by atoms with van der Waals surface area (Å²) in [7, 11) is 0. The van der Waals surface area contributed by atoms with E-state index in [9.17, 15) is 9.59 Å². The van der Waals surface area contributed by atoms with Gasteiger partial charge in [-0.2, -0.15) is 0 Å². The summed E-state index contributed by atoms with van der Waals surface area (Å²) in [5.74, 6) is -2.37. The molecule has 0 aromatic carbocycles. The fourth-order valence-electron chi connectivity index (χ4n) is 0.396. The summed E-state index contributed by atoms with van der Waals surface area (Å²) < 4.78 is 0. The highest BCUT2D eigenvalue weighted by molar-refractivity contribution is 6.33. The van der Waals surface area contributed by atoms with Gasteiger partial charge in [-0.25, -0.2) is 4.79 Å². The summed E-state index contributed by atoms with van der Waals surface area (Å²) in [5.41, 5.74) is 0. The van der Waals surface area contributed by atoms with Crippen molar-refractivity contribution in [2.24, 2.45) is 5.92 Å². The second-order valence-corrected chi connectivity index (χ2v) is 1.98. The number of carboxylic acid groups (broad SMARTS) is 1. The Morgan fingerprint density at radius 3 is 2.11 bits per heavy atom. The maximum atomic E-state index is 10.5. The molecule has 0 unspecified atom stereocenters. The van der Waals surface area contributed by atoms with E-state index in [0.29, 0.717) is 6.42 Å². The third kappa shape index (κ3) is 2.26. The van der Waals surface area contributed by atoms with Gasteiger partial charge in [-0.15, -0.1) is 0 Å². The normalized spacial score (nSPS) is 12.7. The van der Waals surface area contributed by atoms with Crippen molar-refractivity contribution in [3.8, 4) is 0 Å². The Labute approximate surface area is 53.7 Å². The van der Waals surface area contributed by atoms with Crippen LogP contribution in [0, 0.1) is 5.92 Å². The molecule has 0 saturated carbocycles. The molecule has 0 rings (SSSR count). The lowest BCUT2D eigenvalue weighted by atomic mass is 10.0. The van der Waals surface area contributed by atoms with Crippen LogP contribution in [0.4, 0.5) is 0 Å². The van der Waals surface area contributed by atoms with Crippen LogP contribution >= 0.6 is 0 Å². The first-order valence-corrected chi connectivity index (χ1v) is 2.86. The van der Waals surface area contributed by atoms with Crippen molar-refractivity contribution in [2.75, 3.05) is 0 Å². The van der Waals surface area contributed by atoms with Crippen LogP contribution < -0.4 is 0 Å². The topological polar surface area (TPSA) is 54.4 Å². The lowest BCUT2D eigenvalue weighted by Crippen LogP contribution is -2.19. The van der Waals surface area contributed by atoms with Crippen LogP contribution in [0.25, 0.3) is 0 Å². The van der Waals surface area contributed by atoms with Crippen LogP contribution in [0.15, 0.2) is 0 Å². The maximum Gasteiger partial charge on any atom is 0.372 e. The van der Waals surface area contributed by atoms with E-state index >= 15 is 0 Å². The number of rotatable bonds is 3. The molecule has 0 aliphatic carbocycles. The molecule has 3 heteroatoms. The first kappa shape index (κ1) is 8.14. The molecule has 0 aromatic heterocycles. The summed E-state index contributed by atoms with van der Waals surface area (Å²) in [6.45, 7) is 3.39. The van der Waals surface area contributed by atoms with Crippen molar-refractivity contribution < 1.29 is 14.7 Å². The van der Waals surface area contributed by atoms with Gasteiger partial charge in [-0.1, -0.05) is 13.8 Å². The van der Waals surface area contributed by atoms with E-state index in [1.165, 1.54) is 0 Å². The first-order chi connectivity index (χ1) is 4.09. The smallest absolute Gasteiger partial charge is 0.372 e. The Morgan fingerprint density at radius 1 is 1.56 bits per heavy atom. The molecule has 0 saturated heterocycles. The molecule has 0 fully saturated rings. The number of carbonyl (C=O) groups is 2. The van der Waals surface area contributed by atoms with Gasteiger partial charge in [0.25, 0.3) is 0 Å². The van der Waals surface area contributed by atoms with E-state index in [0.717, 1.165) is 0 Å². The molecule has 0 radical (unpaired) electrons. The second-order valence-electron chi connectivity index (χ2n) is 1.98. The highest BCUT2D eigenvalue weighted by Crippen LogP contribution is 2.00. The molecule has 0 spiro atoms. The van der Waals surface area contributed by atoms with Gasteiger partial charge in [-0.3, -0.25) is 4.79 Å². The van der Waals surface area contributed by atoms with E-state index in [4.69, 9.17) is 5.11 Å². The lowest BCUT2D eigenvalue weighted by Gasteiger charge is -1.99. The van der Waals surface area contributed by atoms with Crippen LogP contribution in [0.3, 0.4) is 0 Å². The highest BCUT2D eigenvalue weighted by Gasteiger charge is 2.17. The van der Waals surface area contributed by atoms with E-state index in [1.54, 1.807) is 13.8 Å². The van der Waals surface area contributed by atoms with Gasteiger partial charge in [0.05, 0.1) is 0 Å². The van der Waals surface area contributed by atoms with Gasteiger partial charge in [0.2, 0.25) is 5.78 Å². The molecular weight excluding hydrogens is 120 g/mol. The summed E-state index contributed by atoms with van der Waals surface area (Å²) >= 11 is 0. The number of aliphatic carboxylic acids is 1. The zero-order valence-electron chi connectivity index (χ0n) is 5.55. The SMILES string of the molecule is CC[C@H](C)C(=O)C(=O)O. The van der Waals surface area contributed by atoms with Crippen LogP contribution in [0.2, 0.25) is 0 Å². The molecule has 9 heavy (non-hydrogen) atoms. The predicted molar refractivity (Wildman–Crippen MR) is 32.1 cm³/mol. The summed E-state index contributed by atoms with van der Waals surface area (Å²) in [6, 6.07) is 0. The summed E-state index contributed by atoms with van der Waals surface area (Å²) in [6.07, 6.45) is 0.588. The van der Waals surface area contributed by atoms with Crippen molar-refractivity contribution in [1.29, 1.82) is 0 Å². The predicted octanol–water partition coefficient (Wildman–Crippen LogP) is 0.686.